The zero-order chi connectivity index (χ0) is 16.4. The van der Waals surface area contributed by atoms with Gasteiger partial charge in [-0.2, -0.15) is 0 Å². The van der Waals surface area contributed by atoms with Crippen molar-refractivity contribution in [1.82, 2.24) is 10.8 Å². The maximum atomic E-state index is 12.0. The number of benzene rings is 1. The Morgan fingerprint density at radius 3 is 2.45 bits per heavy atom. The molecule has 6 heteroatoms. The SMILES string of the molecule is CCONC(=O)[C@@H](NC(=O)OCc1ccccc1)[C@@H](C)CC. The molecule has 0 unspecified atom stereocenters. The summed E-state index contributed by atoms with van der Waals surface area (Å²) < 4.78 is 5.14. The van der Waals surface area contributed by atoms with Gasteiger partial charge in [0.2, 0.25) is 0 Å². The Labute approximate surface area is 131 Å². The monoisotopic (exact) mass is 308 g/mol. The molecular formula is C16H24N2O4. The fourth-order valence-corrected chi connectivity index (χ4v) is 1.80. The minimum Gasteiger partial charge on any atom is -0.445 e. The lowest BCUT2D eigenvalue weighted by Crippen LogP contribution is -2.50. The molecule has 1 aromatic rings. The Kier molecular flexibility index (Phi) is 7.99. The molecule has 1 aromatic carbocycles. The summed E-state index contributed by atoms with van der Waals surface area (Å²) >= 11 is 0. The summed E-state index contributed by atoms with van der Waals surface area (Å²) in [7, 11) is 0. The Morgan fingerprint density at radius 1 is 1.18 bits per heavy atom. The molecule has 0 aliphatic rings. The third-order valence-electron chi connectivity index (χ3n) is 3.30. The fourth-order valence-electron chi connectivity index (χ4n) is 1.80. The van der Waals surface area contributed by atoms with Crippen LogP contribution in [0.5, 0.6) is 0 Å². The first kappa shape index (κ1) is 18.0. The lowest BCUT2D eigenvalue weighted by molar-refractivity contribution is -0.136. The number of carbonyl (C=O) groups is 2. The largest absolute Gasteiger partial charge is 0.445 e. The molecule has 0 aliphatic heterocycles. The van der Waals surface area contributed by atoms with Crippen LogP contribution in [0.4, 0.5) is 4.79 Å². The van der Waals surface area contributed by atoms with Gasteiger partial charge in [0.05, 0.1) is 6.61 Å². The number of hydroxylamine groups is 1. The Bertz CT molecular complexity index is 464. The molecule has 0 radical (unpaired) electrons. The van der Waals surface area contributed by atoms with Crippen LogP contribution in [0.25, 0.3) is 0 Å². The van der Waals surface area contributed by atoms with E-state index >= 15 is 0 Å². The van der Waals surface area contributed by atoms with E-state index in [9.17, 15) is 9.59 Å². The van der Waals surface area contributed by atoms with E-state index in [2.05, 4.69) is 10.8 Å². The van der Waals surface area contributed by atoms with E-state index in [1.807, 2.05) is 44.2 Å². The van der Waals surface area contributed by atoms with Gasteiger partial charge >= 0.3 is 6.09 Å². The maximum absolute atomic E-state index is 12.0. The number of carbonyl (C=O) groups excluding carboxylic acids is 2. The van der Waals surface area contributed by atoms with Gasteiger partial charge in [0, 0.05) is 0 Å². The number of amides is 2. The third-order valence-corrected chi connectivity index (χ3v) is 3.30. The van der Waals surface area contributed by atoms with Crippen LogP contribution in [-0.2, 0) is 21.0 Å². The number of rotatable bonds is 8. The van der Waals surface area contributed by atoms with E-state index in [4.69, 9.17) is 9.57 Å². The molecule has 0 spiro atoms. The summed E-state index contributed by atoms with van der Waals surface area (Å²) in [5.41, 5.74) is 3.20. The molecule has 0 fully saturated rings. The minimum absolute atomic E-state index is 0.0373. The lowest BCUT2D eigenvalue weighted by atomic mass is 9.99. The van der Waals surface area contributed by atoms with E-state index in [0.29, 0.717) is 6.61 Å². The average molecular weight is 308 g/mol. The van der Waals surface area contributed by atoms with Crippen molar-refractivity contribution in [2.45, 2.75) is 39.8 Å². The van der Waals surface area contributed by atoms with Crippen molar-refractivity contribution in [1.29, 1.82) is 0 Å². The van der Waals surface area contributed by atoms with Crippen LogP contribution < -0.4 is 10.8 Å². The molecule has 0 saturated carbocycles. The van der Waals surface area contributed by atoms with Crippen molar-refractivity contribution in [3.8, 4) is 0 Å². The Balaban J connectivity index is 2.53. The Hall–Kier alpha value is -2.08. The third kappa shape index (κ3) is 6.13. The first-order valence-electron chi connectivity index (χ1n) is 7.47. The number of ether oxygens (including phenoxy) is 1. The van der Waals surface area contributed by atoms with Crippen LogP contribution in [0.1, 0.15) is 32.8 Å². The second-order valence-electron chi connectivity index (χ2n) is 4.97. The molecule has 122 valence electrons. The van der Waals surface area contributed by atoms with E-state index < -0.39 is 12.1 Å². The highest BCUT2D eigenvalue weighted by Gasteiger charge is 2.26. The van der Waals surface area contributed by atoms with Gasteiger partial charge in [0.25, 0.3) is 5.91 Å². The molecule has 0 aliphatic carbocycles. The molecule has 2 amide bonds. The zero-order valence-corrected chi connectivity index (χ0v) is 13.3. The van der Waals surface area contributed by atoms with E-state index in [1.165, 1.54) is 0 Å². The highest BCUT2D eigenvalue weighted by molar-refractivity contribution is 5.85. The lowest BCUT2D eigenvalue weighted by Gasteiger charge is -2.22. The second kappa shape index (κ2) is 9.78. The van der Waals surface area contributed by atoms with Crippen molar-refractivity contribution >= 4 is 12.0 Å². The summed E-state index contributed by atoms with van der Waals surface area (Å²) in [5.74, 6) is -0.419. The van der Waals surface area contributed by atoms with Crippen molar-refractivity contribution in [2.75, 3.05) is 6.61 Å². The summed E-state index contributed by atoms with van der Waals surface area (Å²) in [6.45, 7) is 6.11. The minimum atomic E-state index is -0.695. The van der Waals surface area contributed by atoms with Gasteiger partial charge in [-0.25, -0.2) is 10.3 Å². The number of hydrogen-bond donors (Lipinski definition) is 2. The summed E-state index contributed by atoms with van der Waals surface area (Å²) in [4.78, 5) is 28.8. The number of hydrogen-bond acceptors (Lipinski definition) is 4. The van der Waals surface area contributed by atoms with Gasteiger partial charge < -0.3 is 10.1 Å². The van der Waals surface area contributed by atoms with Gasteiger partial charge in [-0.1, -0.05) is 50.6 Å². The fraction of sp³-hybridized carbons (Fsp3) is 0.500. The predicted molar refractivity (Wildman–Crippen MR) is 82.8 cm³/mol. The molecule has 0 bridgehead atoms. The zero-order valence-electron chi connectivity index (χ0n) is 13.3. The van der Waals surface area contributed by atoms with Crippen molar-refractivity contribution < 1.29 is 19.2 Å². The molecule has 1 rings (SSSR count). The van der Waals surface area contributed by atoms with E-state index in [-0.39, 0.29) is 18.4 Å². The summed E-state index contributed by atoms with van der Waals surface area (Å²) in [6.07, 6.45) is 0.115. The van der Waals surface area contributed by atoms with Crippen molar-refractivity contribution in [3.05, 3.63) is 35.9 Å². The quantitative estimate of drug-likeness (QED) is 0.723. The molecule has 6 nitrogen and oxygen atoms in total. The number of nitrogens with one attached hydrogen (secondary N) is 2. The van der Waals surface area contributed by atoms with Crippen LogP contribution in [-0.4, -0.2) is 24.6 Å². The van der Waals surface area contributed by atoms with Crippen molar-refractivity contribution in [2.24, 2.45) is 5.92 Å². The van der Waals surface area contributed by atoms with E-state index in [0.717, 1.165) is 12.0 Å². The Morgan fingerprint density at radius 2 is 1.86 bits per heavy atom. The summed E-state index contributed by atoms with van der Waals surface area (Å²) in [5, 5.41) is 2.59. The highest BCUT2D eigenvalue weighted by Crippen LogP contribution is 2.09. The highest BCUT2D eigenvalue weighted by atomic mass is 16.6. The predicted octanol–water partition coefficient (Wildman–Crippen LogP) is 2.40. The van der Waals surface area contributed by atoms with Gasteiger partial charge in [0.1, 0.15) is 12.6 Å². The standard InChI is InChI=1S/C16H24N2O4/c1-4-12(3)14(15(19)18-22-5-2)17-16(20)21-11-13-9-7-6-8-10-13/h6-10,12,14H,4-5,11H2,1-3H3,(H,17,20)(H,18,19)/t12-,14-/m0/s1. The normalized spacial score (nSPS) is 13.0. The van der Waals surface area contributed by atoms with E-state index in [1.54, 1.807) is 6.92 Å². The van der Waals surface area contributed by atoms with Crippen LogP contribution in [0, 0.1) is 5.92 Å². The molecule has 0 aromatic heterocycles. The second-order valence-corrected chi connectivity index (χ2v) is 4.97. The molecule has 0 saturated heterocycles. The topological polar surface area (TPSA) is 76.7 Å². The number of alkyl carbamates (subject to hydrolysis) is 1. The molecule has 0 heterocycles. The maximum Gasteiger partial charge on any atom is 0.408 e. The van der Waals surface area contributed by atoms with Crippen LogP contribution in [0.15, 0.2) is 30.3 Å². The van der Waals surface area contributed by atoms with Crippen LogP contribution in [0.2, 0.25) is 0 Å². The van der Waals surface area contributed by atoms with Gasteiger partial charge in [0.15, 0.2) is 0 Å². The van der Waals surface area contributed by atoms with Gasteiger partial charge in [-0.05, 0) is 18.4 Å². The van der Waals surface area contributed by atoms with Crippen LogP contribution in [0.3, 0.4) is 0 Å². The van der Waals surface area contributed by atoms with Crippen molar-refractivity contribution in [3.63, 3.8) is 0 Å². The smallest absolute Gasteiger partial charge is 0.408 e. The van der Waals surface area contributed by atoms with Gasteiger partial charge in [-0.3, -0.25) is 9.63 Å². The molecule has 22 heavy (non-hydrogen) atoms. The van der Waals surface area contributed by atoms with Gasteiger partial charge in [-0.15, -0.1) is 0 Å². The molecule has 2 atom stereocenters. The molecule has 2 N–H and O–H groups in total. The molecular weight excluding hydrogens is 284 g/mol. The average Bonchev–Trinajstić information content (AvgIpc) is 2.55. The van der Waals surface area contributed by atoms with Crippen LogP contribution >= 0.6 is 0 Å². The first-order chi connectivity index (χ1) is 10.6. The summed E-state index contributed by atoms with van der Waals surface area (Å²) in [6, 6.07) is 8.66. The first-order valence-corrected chi connectivity index (χ1v) is 7.47.